The Morgan fingerprint density at radius 1 is 1.07 bits per heavy atom. The van der Waals surface area contributed by atoms with Crippen LogP contribution >= 0.6 is 0 Å². The van der Waals surface area contributed by atoms with Gasteiger partial charge in [-0.1, -0.05) is 13.8 Å². The van der Waals surface area contributed by atoms with Crippen LogP contribution in [0.3, 0.4) is 0 Å². The monoisotopic (exact) mass is 227 g/mol. The topological polar surface area (TPSA) is 23.5 Å². The Morgan fingerprint density at radius 3 is 1.80 bits per heavy atom. The Morgan fingerprint density at radius 2 is 1.53 bits per heavy atom. The van der Waals surface area contributed by atoms with Gasteiger partial charge in [0, 0.05) is 18.6 Å². The van der Waals surface area contributed by atoms with Crippen molar-refractivity contribution in [3.63, 3.8) is 0 Å². The maximum Gasteiger partial charge on any atom is 0.401 e. The highest BCUT2D eigenvalue weighted by atomic mass is 19.4. The van der Waals surface area contributed by atoms with E-state index in [1.165, 1.54) is 11.9 Å². The van der Waals surface area contributed by atoms with E-state index in [4.69, 9.17) is 0 Å². The van der Waals surface area contributed by atoms with Crippen LogP contribution in [0.5, 0.6) is 0 Å². The molecule has 0 amide bonds. The van der Waals surface area contributed by atoms with Gasteiger partial charge >= 0.3 is 6.18 Å². The zero-order valence-corrected chi connectivity index (χ0v) is 9.56. The van der Waals surface area contributed by atoms with Crippen molar-refractivity contribution >= 4 is 0 Å². The van der Waals surface area contributed by atoms with Gasteiger partial charge in [0.1, 0.15) is 0 Å². The Bertz CT molecular complexity index is 170. The third kappa shape index (κ3) is 5.37. The molecule has 0 unspecified atom stereocenters. The summed E-state index contributed by atoms with van der Waals surface area (Å²) in [4.78, 5) is 1.23. The summed E-state index contributed by atoms with van der Waals surface area (Å²) >= 11 is 0. The van der Waals surface area contributed by atoms with Crippen LogP contribution < -0.4 is 0 Å². The molecule has 5 heteroatoms. The zero-order chi connectivity index (χ0) is 12.1. The minimum atomic E-state index is -4.17. The van der Waals surface area contributed by atoms with Crippen molar-refractivity contribution in [2.75, 3.05) is 26.7 Å². The molecule has 0 radical (unpaired) electrons. The van der Waals surface area contributed by atoms with Crippen LogP contribution in [-0.4, -0.2) is 42.9 Å². The fourth-order valence-corrected chi connectivity index (χ4v) is 1.68. The van der Waals surface area contributed by atoms with Crippen LogP contribution in [0.2, 0.25) is 0 Å². The lowest BCUT2D eigenvalue weighted by Crippen LogP contribution is -2.41. The van der Waals surface area contributed by atoms with Crippen molar-refractivity contribution in [1.82, 2.24) is 4.90 Å². The summed E-state index contributed by atoms with van der Waals surface area (Å²) < 4.78 is 36.3. The first kappa shape index (κ1) is 14.7. The van der Waals surface area contributed by atoms with E-state index < -0.39 is 18.1 Å². The number of alkyl halides is 3. The second-order valence-corrected chi connectivity index (χ2v) is 4.15. The molecule has 0 saturated heterocycles. The minimum absolute atomic E-state index is 0.0673. The van der Waals surface area contributed by atoms with E-state index >= 15 is 0 Å². The minimum Gasteiger partial charge on any atom is -0.396 e. The molecular weight excluding hydrogens is 207 g/mol. The third-order valence-corrected chi connectivity index (χ3v) is 2.89. The summed E-state index contributed by atoms with van der Waals surface area (Å²) in [6, 6.07) is 0. The molecule has 0 atom stereocenters. The molecule has 0 aliphatic rings. The smallest absolute Gasteiger partial charge is 0.396 e. The first-order chi connectivity index (χ1) is 6.78. The van der Waals surface area contributed by atoms with Gasteiger partial charge in [0.2, 0.25) is 0 Å². The van der Waals surface area contributed by atoms with Crippen LogP contribution in [0.4, 0.5) is 13.2 Å². The summed E-state index contributed by atoms with van der Waals surface area (Å²) in [6.45, 7) is 3.06. The lowest BCUT2D eigenvalue weighted by atomic mass is 9.83. The van der Waals surface area contributed by atoms with Gasteiger partial charge in [0.25, 0.3) is 0 Å². The average molecular weight is 227 g/mol. The van der Waals surface area contributed by atoms with Crippen molar-refractivity contribution in [2.45, 2.75) is 32.9 Å². The van der Waals surface area contributed by atoms with Crippen molar-refractivity contribution in [1.29, 1.82) is 0 Å². The maximum absolute atomic E-state index is 12.1. The highest BCUT2D eigenvalue weighted by Crippen LogP contribution is 2.27. The van der Waals surface area contributed by atoms with E-state index in [9.17, 15) is 18.3 Å². The summed E-state index contributed by atoms with van der Waals surface area (Å²) in [5.74, 6) is 0. The highest BCUT2D eigenvalue weighted by molar-refractivity contribution is 4.79. The summed E-state index contributed by atoms with van der Waals surface area (Å²) in [5.41, 5.74) is -0.403. The first-order valence-corrected chi connectivity index (χ1v) is 5.14. The van der Waals surface area contributed by atoms with Crippen LogP contribution in [0.1, 0.15) is 26.7 Å². The first-order valence-electron chi connectivity index (χ1n) is 5.14. The molecule has 0 saturated carbocycles. The number of aliphatic hydroxyl groups is 1. The molecular formula is C10H20F3NO. The zero-order valence-electron chi connectivity index (χ0n) is 9.56. The lowest BCUT2D eigenvalue weighted by Gasteiger charge is -2.34. The maximum atomic E-state index is 12.1. The summed E-state index contributed by atoms with van der Waals surface area (Å²) in [6.07, 6.45) is -2.80. The van der Waals surface area contributed by atoms with Gasteiger partial charge in [-0.2, -0.15) is 13.2 Å². The van der Waals surface area contributed by atoms with E-state index in [1.807, 2.05) is 13.8 Å². The van der Waals surface area contributed by atoms with Gasteiger partial charge in [0.05, 0.1) is 6.54 Å². The Hall–Kier alpha value is -0.290. The van der Waals surface area contributed by atoms with E-state index in [1.54, 1.807) is 0 Å². The van der Waals surface area contributed by atoms with Crippen molar-refractivity contribution in [3.05, 3.63) is 0 Å². The standard InChI is InChI=1S/C10H20F3NO/c1-4-9(5-2,8-15)6-14(3)7-10(11,12)13/h15H,4-8H2,1-3H3. The number of aliphatic hydroxyl groups excluding tert-OH is 1. The Kier molecular flexibility index (Phi) is 5.59. The van der Waals surface area contributed by atoms with Gasteiger partial charge in [-0.05, 0) is 19.9 Å². The molecule has 0 aromatic heterocycles. The molecule has 1 N–H and O–H groups in total. The van der Waals surface area contributed by atoms with Gasteiger partial charge < -0.3 is 5.11 Å². The molecule has 0 heterocycles. The van der Waals surface area contributed by atoms with Crippen LogP contribution in [0, 0.1) is 5.41 Å². The van der Waals surface area contributed by atoms with Gasteiger partial charge in [-0.25, -0.2) is 0 Å². The molecule has 0 rings (SSSR count). The molecule has 0 fully saturated rings. The number of rotatable bonds is 6. The largest absolute Gasteiger partial charge is 0.401 e. The number of hydrogen-bond donors (Lipinski definition) is 1. The van der Waals surface area contributed by atoms with E-state index in [0.717, 1.165) is 0 Å². The van der Waals surface area contributed by atoms with E-state index in [0.29, 0.717) is 12.8 Å². The van der Waals surface area contributed by atoms with Crippen molar-refractivity contribution < 1.29 is 18.3 Å². The molecule has 0 aliphatic heterocycles. The number of halogens is 3. The van der Waals surface area contributed by atoms with E-state index in [-0.39, 0.29) is 13.2 Å². The van der Waals surface area contributed by atoms with Crippen LogP contribution in [-0.2, 0) is 0 Å². The number of hydrogen-bond acceptors (Lipinski definition) is 2. The highest BCUT2D eigenvalue weighted by Gasteiger charge is 2.33. The fraction of sp³-hybridized carbons (Fsp3) is 1.00. The van der Waals surface area contributed by atoms with Gasteiger partial charge in [-0.15, -0.1) is 0 Å². The molecule has 0 spiro atoms. The molecule has 2 nitrogen and oxygen atoms in total. The second-order valence-electron chi connectivity index (χ2n) is 4.15. The van der Waals surface area contributed by atoms with Crippen LogP contribution in [0.25, 0.3) is 0 Å². The SMILES string of the molecule is CCC(CC)(CO)CN(C)CC(F)(F)F. The Balaban J connectivity index is 4.29. The molecule has 0 aromatic rings. The van der Waals surface area contributed by atoms with Crippen molar-refractivity contribution in [2.24, 2.45) is 5.41 Å². The third-order valence-electron chi connectivity index (χ3n) is 2.89. The lowest BCUT2D eigenvalue weighted by molar-refractivity contribution is -0.147. The number of nitrogens with zero attached hydrogens (tertiary/aromatic N) is 1. The molecule has 15 heavy (non-hydrogen) atoms. The van der Waals surface area contributed by atoms with Gasteiger partial charge in [0.15, 0.2) is 0 Å². The predicted molar refractivity (Wildman–Crippen MR) is 53.7 cm³/mol. The molecule has 0 aliphatic carbocycles. The molecule has 0 bridgehead atoms. The van der Waals surface area contributed by atoms with E-state index in [2.05, 4.69) is 0 Å². The summed E-state index contributed by atoms with van der Waals surface area (Å²) in [5, 5.41) is 9.22. The fourth-order valence-electron chi connectivity index (χ4n) is 1.68. The Labute approximate surface area is 89.1 Å². The van der Waals surface area contributed by atoms with Crippen molar-refractivity contribution in [3.8, 4) is 0 Å². The molecule has 0 aromatic carbocycles. The van der Waals surface area contributed by atoms with Gasteiger partial charge in [-0.3, -0.25) is 4.90 Å². The second kappa shape index (κ2) is 5.70. The van der Waals surface area contributed by atoms with Crippen LogP contribution in [0.15, 0.2) is 0 Å². The summed E-state index contributed by atoms with van der Waals surface area (Å²) in [7, 11) is 1.43. The average Bonchev–Trinajstić information content (AvgIpc) is 2.11. The predicted octanol–water partition coefficient (Wildman–Crippen LogP) is 2.28. The quantitative estimate of drug-likeness (QED) is 0.752. The molecule has 92 valence electrons. The normalized spacial score (nSPS) is 13.6.